The van der Waals surface area contributed by atoms with Crippen LogP contribution in [0, 0.1) is 5.92 Å². The molecule has 0 radical (unpaired) electrons. The molecule has 1 heterocycles. The third kappa shape index (κ3) is 4.62. The van der Waals surface area contributed by atoms with E-state index >= 15 is 0 Å². The van der Waals surface area contributed by atoms with Crippen molar-refractivity contribution in [2.75, 3.05) is 11.6 Å². The number of carbonyl (C=O) groups is 1. The lowest BCUT2D eigenvalue weighted by Gasteiger charge is -2.16. The van der Waals surface area contributed by atoms with Crippen molar-refractivity contribution >= 4 is 29.3 Å². The quantitative estimate of drug-likeness (QED) is 0.615. The summed E-state index contributed by atoms with van der Waals surface area (Å²) in [5.74, 6) is 7.12. The Morgan fingerprint density at radius 3 is 2.57 bits per heavy atom. The molecule has 0 saturated carbocycles. The van der Waals surface area contributed by atoms with Gasteiger partial charge in [-0.2, -0.15) is 0 Å². The Morgan fingerprint density at radius 2 is 1.96 bits per heavy atom. The molecule has 0 spiro atoms. The van der Waals surface area contributed by atoms with Crippen molar-refractivity contribution in [2.45, 2.75) is 32.0 Å². The van der Waals surface area contributed by atoms with E-state index in [2.05, 4.69) is 29.4 Å². The van der Waals surface area contributed by atoms with Gasteiger partial charge in [0.2, 0.25) is 11.1 Å². The molecule has 6 nitrogen and oxygen atoms in total. The number of carbonyl (C=O) groups excluding carboxylic acids is 1. The van der Waals surface area contributed by atoms with Crippen molar-refractivity contribution < 1.29 is 4.79 Å². The average molecular weight is 354 g/mol. The number of halogens is 1. The van der Waals surface area contributed by atoms with Gasteiger partial charge in [0.1, 0.15) is 0 Å². The van der Waals surface area contributed by atoms with E-state index in [4.69, 9.17) is 17.4 Å². The second-order valence-electron chi connectivity index (χ2n) is 5.57. The summed E-state index contributed by atoms with van der Waals surface area (Å²) in [6.45, 7) is 6.11. The molecule has 3 N–H and O–H groups in total. The number of rotatable bonds is 6. The number of hydrogen-bond acceptors (Lipinski definition) is 5. The molecule has 0 aliphatic rings. The standard InChI is InChI=1S/C15H20ClN5OS/c1-9(2)10(3)18-13(22)8-23-15-20-19-14(21(15)17)11-4-6-12(16)7-5-11/h4-7,9-10H,8,17H2,1-3H3,(H,18,22)/t10-/m1/s1. The second kappa shape index (κ2) is 7.70. The zero-order chi connectivity index (χ0) is 17.0. The number of thioether (sulfide) groups is 1. The molecule has 1 aromatic heterocycles. The SMILES string of the molecule is CC(C)[C@@H](C)NC(=O)CSc1nnc(-c2ccc(Cl)cc2)n1N. The zero-order valence-corrected chi connectivity index (χ0v) is 14.9. The van der Waals surface area contributed by atoms with Gasteiger partial charge in [-0.1, -0.05) is 37.2 Å². The predicted molar refractivity (Wildman–Crippen MR) is 93.8 cm³/mol. The first-order valence-corrected chi connectivity index (χ1v) is 8.63. The smallest absolute Gasteiger partial charge is 0.230 e. The Labute approximate surface area is 144 Å². The van der Waals surface area contributed by atoms with Crippen LogP contribution in [-0.4, -0.2) is 32.6 Å². The number of hydrogen-bond donors (Lipinski definition) is 2. The zero-order valence-electron chi connectivity index (χ0n) is 13.3. The van der Waals surface area contributed by atoms with E-state index in [1.54, 1.807) is 12.1 Å². The molecule has 1 aromatic carbocycles. The summed E-state index contributed by atoms with van der Waals surface area (Å²) in [7, 11) is 0. The number of benzene rings is 1. The first kappa shape index (κ1) is 17.6. The predicted octanol–water partition coefficient (Wildman–Crippen LogP) is 2.57. The number of nitrogen functional groups attached to an aromatic ring is 1. The van der Waals surface area contributed by atoms with Crippen LogP contribution in [0.2, 0.25) is 5.02 Å². The van der Waals surface area contributed by atoms with Gasteiger partial charge in [-0.05, 0) is 37.1 Å². The fourth-order valence-electron chi connectivity index (χ4n) is 1.76. The molecule has 0 saturated heterocycles. The first-order chi connectivity index (χ1) is 10.9. The van der Waals surface area contributed by atoms with Gasteiger partial charge < -0.3 is 11.2 Å². The van der Waals surface area contributed by atoms with Crippen molar-refractivity contribution in [3.8, 4) is 11.4 Å². The summed E-state index contributed by atoms with van der Waals surface area (Å²) in [4.78, 5) is 11.9. The molecule has 2 aromatic rings. The molecule has 0 unspecified atom stereocenters. The highest BCUT2D eigenvalue weighted by atomic mass is 35.5. The highest BCUT2D eigenvalue weighted by Crippen LogP contribution is 2.22. The van der Waals surface area contributed by atoms with E-state index in [0.29, 0.717) is 21.9 Å². The number of aromatic nitrogens is 3. The number of nitrogens with two attached hydrogens (primary N) is 1. The van der Waals surface area contributed by atoms with Gasteiger partial charge in [0.15, 0.2) is 5.82 Å². The van der Waals surface area contributed by atoms with Crippen LogP contribution in [0.3, 0.4) is 0 Å². The number of nitrogens with one attached hydrogen (secondary N) is 1. The van der Waals surface area contributed by atoms with E-state index in [-0.39, 0.29) is 17.7 Å². The fourth-order valence-corrected chi connectivity index (χ4v) is 2.56. The summed E-state index contributed by atoms with van der Waals surface area (Å²) >= 11 is 7.12. The minimum atomic E-state index is -0.0488. The van der Waals surface area contributed by atoms with Gasteiger partial charge >= 0.3 is 0 Å². The molecule has 0 aliphatic carbocycles. The molecule has 1 amide bonds. The Kier molecular flexibility index (Phi) is 5.90. The van der Waals surface area contributed by atoms with E-state index in [0.717, 1.165) is 5.56 Å². The van der Waals surface area contributed by atoms with Crippen molar-refractivity contribution in [3.63, 3.8) is 0 Å². The van der Waals surface area contributed by atoms with Gasteiger partial charge in [-0.15, -0.1) is 10.2 Å². The van der Waals surface area contributed by atoms with Crippen molar-refractivity contribution in [1.29, 1.82) is 0 Å². The minimum absolute atomic E-state index is 0.0488. The topological polar surface area (TPSA) is 85.8 Å². The first-order valence-electron chi connectivity index (χ1n) is 7.27. The molecule has 124 valence electrons. The molecule has 0 aliphatic heterocycles. The van der Waals surface area contributed by atoms with Gasteiger partial charge in [0, 0.05) is 16.6 Å². The molecule has 0 fully saturated rings. The summed E-state index contributed by atoms with van der Waals surface area (Å²) < 4.78 is 1.38. The number of nitrogens with zero attached hydrogens (tertiary/aromatic N) is 3. The summed E-state index contributed by atoms with van der Waals surface area (Å²) in [5, 5.41) is 12.2. The molecular weight excluding hydrogens is 334 g/mol. The van der Waals surface area contributed by atoms with E-state index < -0.39 is 0 Å². The van der Waals surface area contributed by atoms with Gasteiger partial charge in [-0.3, -0.25) is 4.79 Å². The second-order valence-corrected chi connectivity index (χ2v) is 6.95. The molecule has 0 bridgehead atoms. The van der Waals surface area contributed by atoms with Crippen LogP contribution in [0.4, 0.5) is 0 Å². The average Bonchev–Trinajstić information content (AvgIpc) is 2.87. The van der Waals surface area contributed by atoms with Crippen LogP contribution in [0.5, 0.6) is 0 Å². The maximum Gasteiger partial charge on any atom is 0.230 e. The van der Waals surface area contributed by atoms with Crippen LogP contribution in [0.1, 0.15) is 20.8 Å². The summed E-state index contributed by atoms with van der Waals surface area (Å²) in [6.07, 6.45) is 0. The van der Waals surface area contributed by atoms with E-state index in [9.17, 15) is 4.79 Å². The number of amides is 1. The van der Waals surface area contributed by atoms with E-state index in [1.165, 1.54) is 16.4 Å². The highest BCUT2D eigenvalue weighted by Gasteiger charge is 2.15. The maximum absolute atomic E-state index is 11.9. The lowest BCUT2D eigenvalue weighted by molar-refractivity contribution is -0.119. The monoisotopic (exact) mass is 353 g/mol. The van der Waals surface area contributed by atoms with Crippen molar-refractivity contribution in [2.24, 2.45) is 5.92 Å². The van der Waals surface area contributed by atoms with Crippen molar-refractivity contribution in [1.82, 2.24) is 20.2 Å². The van der Waals surface area contributed by atoms with Crippen LogP contribution >= 0.6 is 23.4 Å². The maximum atomic E-state index is 11.9. The Bertz CT molecular complexity index is 671. The lowest BCUT2D eigenvalue weighted by atomic mass is 10.1. The minimum Gasteiger partial charge on any atom is -0.353 e. The Morgan fingerprint density at radius 1 is 1.30 bits per heavy atom. The normalized spacial score (nSPS) is 12.4. The lowest BCUT2D eigenvalue weighted by Crippen LogP contribution is -2.37. The Balaban J connectivity index is 2.00. The van der Waals surface area contributed by atoms with Crippen LogP contribution in [0.15, 0.2) is 29.4 Å². The molecule has 1 atom stereocenters. The van der Waals surface area contributed by atoms with Crippen LogP contribution in [-0.2, 0) is 4.79 Å². The van der Waals surface area contributed by atoms with E-state index in [1.807, 2.05) is 19.1 Å². The van der Waals surface area contributed by atoms with Gasteiger partial charge in [0.25, 0.3) is 0 Å². The Hall–Kier alpha value is -1.73. The van der Waals surface area contributed by atoms with Crippen molar-refractivity contribution in [3.05, 3.63) is 29.3 Å². The van der Waals surface area contributed by atoms with Gasteiger partial charge in [-0.25, -0.2) is 4.68 Å². The third-order valence-electron chi connectivity index (χ3n) is 3.49. The molecule has 23 heavy (non-hydrogen) atoms. The fraction of sp³-hybridized carbons (Fsp3) is 0.400. The highest BCUT2D eigenvalue weighted by molar-refractivity contribution is 7.99. The molecule has 8 heteroatoms. The largest absolute Gasteiger partial charge is 0.353 e. The van der Waals surface area contributed by atoms with Crippen LogP contribution < -0.4 is 11.2 Å². The summed E-state index contributed by atoms with van der Waals surface area (Å²) in [5.41, 5.74) is 0.814. The third-order valence-corrected chi connectivity index (χ3v) is 4.68. The molecule has 2 rings (SSSR count). The summed E-state index contributed by atoms with van der Waals surface area (Å²) in [6, 6.07) is 7.30. The van der Waals surface area contributed by atoms with Crippen LogP contribution in [0.25, 0.3) is 11.4 Å². The van der Waals surface area contributed by atoms with Gasteiger partial charge in [0.05, 0.1) is 5.75 Å². The molecular formula is C15H20ClN5OS.